The fraction of sp³-hybridized carbons (Fsp3) is 0.480. The van der Waals surface area contributed by atoms with Gasteiger partial charge in [-0.2, -0.15) is 0 Å². The van der Waals surface area contributed by atoms with Crippen LogP contribution in [0.3, 0.4) is 0 Å². The molecule has 2 nitrogen and oxygen atoms in total. The van der Waals surface area contributed by atoms with Gasteiger partial charge in [-0.3, -0.25) is 0 Å². The summed E-state index contributed by atoms with van der Waals surface area (Å²) in [6, 6.07) is 25.9. The maximum atomic E-state index is 6.70. The van der Waals surface area contributed by atoms with Crippen LogP contribution in [0.4, 0.5) is 0 Å². The minimum absolute atomic E-state index is 0.759. The van der Waals surface area contributed by atoms with Crippen LogP contribution >= 0.6 is 22.7 Å². The quantitative estimate of drug-likeness (QED) is 0.0473. The van der Waals surface area contributed by atoms with Gasteiger partial charge in [0.2, 0.25) is 0 Å². The van der Waals surface area contributed by atoms with E-state index in [1.807, 2.05) is 22.7 Å². The van der Waals surface area contributed by atoms with Crippen LogP contribution in [0.15, 0.2) is 72.8 Å². The van der Waals surface area contributed by atoms with Gasteiger partial charge in [-0.25, -0.2) is 0 Å². The van der Waals surface area contributed by atoms with E-state index >= 15 is 0 Å². The van der Waals surface area contributed by atoms with Crippen LogP contribution in [0, 0.1) is 0 Å². The van der Waals surface area contributed by atoms with Crippen LogP contribution in [0.5, 0.6) is 11.5 Å². The van der Waals surface area contributed by atoms with Gasteiger partial charge < -0.3 is 9.47 Å². The molecule has 0 aliphatic carbocycles. The van der Waals surface area contributed by atoms with Crippen molar-refractivity contribution >= 4 is 67.1 Å². The van der Waals surface area contributed by atoms with Crippen LogP contribution in [0.2, 0.25) is 0 Å². The molecule has 3 aromatic carbocycles. The zero-order valence-electron chi connectivity index (χ0n) is 33.4. The van der Waals surface area contributed by atoms with E-state index in [0.29, 0.717) is 0 Å². The van der Waals surface area contributed by atoms with Gasteiger partial charge in [-0.1, -0.05) is 202 Å². The molecule has 0 spiro atoms. The van der Waals surface area contributed by atoms with Crippen molar-refractivity contribution in [3.05, 3.63) is 93.7 Å². The summed E-state index contributed by atoms with van der Waals surface area (Å²) in [6.07, 6.45) is 35.4. The summed E-state index contributed by atoms with van der Waals surface area (Å²) in [5.74, 6) is 2.06. The number of fused-ring (bicyclic) bond motifs is 2. The van der Waals surface area contributed by atoms with E-state index in [9.17, 15) is 0 Å². The largest absolute Gasteiger partial charge is 0.491 e. The second-order valence-electron chi connectivity index (χ2n) is 15.0. The summed E-state index contributed by atoms with van der Waals surface area (Å²) in [7, 11) is 0. The minimum Gasteiger partial charge on any atom is -0.491 e. The summed E-state index contributed by atoms with van der Waals surface area (Å²) in [5.41, 5.74) is 2.41. The molecule has 54 heavy (non-hydrogen) atoms. The second kappa shape index (κ2) is 24.9. The van der Waals surface area contributed by atoms with E-state index in [4.69, 9.17) is 9.47 Å². The summed E-state index contributed by atoms with van der Waals surface area (Å²) < 4.78 is 15.9. The van der Waals surface area contributed by atoms with Gasteiger partial charge in [0.05, 0.1) is 23.0 Å². The number of ether oxygens (including phenoxy) is 2. The predicted molar refractivity (Wildman–Crippen MR) is 243 cm³/mol. The number of rotatable bonds is 28. The lowest BCUT2D eigenvalue weighted by Gasteiger charge is -2.08. The smallest absolute Gasteiger partial charge is 0.145 e. The first-order valence-corrected chi connectivity index (χ1v) is 23.1. The number of benzene rings is 3. The summed E-state index contributed by atoms with van der Waals surface area (Å²) in [5, 5.41) is 2.43. The standard InChI is InChI=1S/C50H66O2S2/c1-3-5-7-9-11-13-15-17-19-27-37-51-49-43-39-48-44(40-47(43)53-45(49)35-33-41-29-23-21-24-30-41)50(46(54-48)36-34-42-31-25-22-26-32-42)52-38-28-20-18-16-14-12-10-8-6-4-2/h21-26,29-36,39-40H,3-20,27-28,37-38H2,1-2H3/b35-33+,36-34+. The van der Waals surface area contributed by atoms with Crippen LogP contribution in [-0.4, -0.2) is 13.2 Å². The van der Waals surface area contributed by atoms with Crippen molar-refractivity contribution in [2.75, 3.05) is 13.2 Å². The van der Waals surface area contributed by atoms with Crippen molar-refractivity contribution in [2.45, 2.75) is 142 Å². The van der Waals surface area contributed by atoms with E-state index in [0.717, 1.165) is 37.6 Å². The molecule has 0 bridgehead atoms. The Morgan fingerprint density at radius 3 is 1.09 bits per heavy atom. The Balaban J connectivity index is 1.29. The lowest BCUT2D eigenvalue weighted by atomic mass is 10.1. The molecule has 2 heterocycles. The third-order valence-electron chi connectivity index (χ3n) is 10.4. The molecular weight excluding hydrogens is 697 g/mol. The van der Waals surface area contributed by atoms with Crippen molar-refractivity contribution in [2.24, 2.45) is 0 Å². The monoisotopic (exact) mass is 762 g/mol. The highest BCUT2D eigenvalue weighted by atomic mass is 32.1. The molecule has 4 heteroatoms. The molecule has 0 N–H and O–H groups in total. The SMILES string of the molecule is CCCCCCCCCCCCOc1c(/C=C/c2ccccc2)sc2cc3c(OCCCCCCCCCCCC)c(/C=C/c4ccccc4)sc3cc12. The van der Waals surface area contributed by atoms with Crippen molar-refractivity contribution < 1.29 is 9.47 Å². The van der Waals surface area contributed by atoms with Crippen molar-refractivity contribution in [1.82, 2.24) is 0 Å². The molecule has 0 amide bonds. The zero-order valence-corrected chi connectivity index (χ0v) is 35.1. The van der Waals surface area contributed by atoms with E-state index in [-0.39, 0.29) is 0 Å². The highest BCUT2D eigenvalue weighted by Gasteiger charge is 2.18. The van der Waals surface area contributed by atoms with E-state index in [1.165, 1.54) is 157 Å². The number of unbranched alkanes of at least 4 members (excludes halogenated alkanes) is 18. The Kier molecular flexibility index (Phi) is 19.3. The average Bonchev–Trinajstić information content (AvgIpc) is 3.72. The number of hydrogen-bond acceptors (Lipinski definition) is 4. The Morgan fingerprint density at radius 1 is 0.407 bits per heavy atom. The molecule has 0 unspecified atom stereocenters. The van der Waals surface area contributed by atoms with E-state index in [2.05, 4.69) is 111 Å². The van der Waals surface area contributed by atoms with E-state index in [1.54, 1.807) is 0 Å². The number of hydrogen-bond donors (Lipinski definition) is 0. The van der Waals surface area contributed by atoms with Gasteiger partial charge in [0, 0.05) is 20.2 Å². The van der Waals surface area contributed by atoms with Crippen molar-refractivity contribution in [3.8, 4) is 11.5 Å². The fourth-order valence-corrected chi connectivity index (χ4v) is 9.34. The maximum absolute atomic E-state index is 6.70. The topological polar surface area (TPSA) is 18.5 Å². The normalized spacial score (nSPS) is 11.9. The van der Waals surface area contributed by atoms with E-state index < -0.39 is 0 Å². The third-order valence-corrected chi connectivity index (χ3v) is 12.6. The molecule has 0 radical (unpaired) electrons. The second-order valence-corrected chi connectivity index (χ2v) is 17.2. The van der Waals surface area contributed by atoms with Gasteiger partial charge >= 0.3 is 0 Å². The first-order chi connectivity index (χ1) is 26.8. The fourth-order valence-electron chi connectivity index (χ4n) is 7.20. The van der Waals surface area contributed by atoms with Crippen molar-refractivity contribution in [3.63, 3.8) is 0 Å². The first-order valence-electron chi connectivity index (χ1n) is 21.5. The molecule has 2 aromatic heterocycles. The molecule has 0 aliphatic heterocycles. The van der Waals surface area contributed by atoms with Crippen LogP contribution in [0.25, 0.3) is 44.5 Å². The van der Waals surface area contributed by atoms with Gasteiger partial charge in [0.1, 0.15) is 11.5 Å². The predicted octanol–water partition coefficient (Wildman–Crippen LogP) is 17.1. The van der Waals surface area contributed by atoms with Gasteiger partial charge in [-0.15, -0.1) is 22.7 Å². The number of thiophene rings is 2. The third kappa shape index (κ3) is 14.1. The zero-order chi connectivity index (χ0) is 37.5. The Bertz CT molecular complexity index is 1660. The van der Waals surface area contributed by atoms with Gasteiger partial charge in [0.15, 0.2) is 0 Å². The van der Waals surface area contributed by atoms with Crippen LogP contribution < -0.4 is 9.47 Å². The first kappa shape index (κ1) is 41.8. The molecular formula is C50H66O2S2. The Hall–Kier alpha value is -3.34. The summed E-state index contributed by atoms with van der Waals surface area (Å²) in [6.45, 7) is 6.10. The molecule has 290 valence electrons. The lowest BCUT2D eigenvalue weighted by molar-refractivity contribution is 0.308. The lowest BCUT2D eigenvalue weighted by Crippen LogP contribution is -1.98. The van der Waals surface area contributed by atoms with Crippen LogP contribution in [0.1, 0.15) is 163 Å². The Labute approximate surface area is 335 Å². The van der Waals surface area contributed by atoms with Gasteiger partial charge in [0.25, 0.3) is 0 Å². The highest BCUT2D eigenvalue weighted by Crippen LogP contribution is 2.47. The maximum Gasteiger partial charge on any atom is 0.145 e. The summed E-state index contributed by atoms with van der Waals surface area (Å²) >= 11 is 3.67. The highest BCUT2D eigenvalue weighted by molar-refractivity contribution is 7.22. The molecule has 0 atom stereocenters. The molecule has 0 aliphatic rings. The molecule has 5 aromatic rings. The van der Waals surface area contributed by atoms with Gasteiger partial charge in [-0.05, 0) is 48.3 Å². The minimum atomic E-state index is 0.759. The molecule has 5 rings (SSSR count). The molecule has 0 fully saturated rings. The average molecular weight is 763 g/mol. The van der Waals surface area contributed by atoms with Crippen LogP contribution in [-0.2, 0) is 0 Å². The van der Waals surface area contributed by atoms with Crippen molar-refractivity contribution in [1.29, 1.82) is 0 Å². The summed E-state index contributed by atoms with van der Waals surface area (Å²) in [4.78, 5) is 2.38. The molecule has 0 saturated heterocycles. The Morgan fingerprint density at radius 2 is 0.741 bits per heavy atom. The molecule has 0 saturated carbocycles.